The number of methoxy groups -OCH3 is 1. The van der Waals surface area contributed by atoms with Crippen LogP contribution in [0.15, 0.2) is 48.5 Å². The predicted octanol–water partition coefficient (Wildman–Crippen LogP) is 4.08. The summed E-state index contributed by atoms with van der Waals surface area (Å²) in [5.41, 5.74) is 5.25. The van der Waals surface area contributed by atoms with E-state index >= 15 is 0 Å². The summed E-state index contributed by atoms with van der Waals surface area (Å²) in [4.78, 5) is 21.4. The number of carbonyl (C=O) groups is 1. The number of hydrogen-bond acceptors (Lipinski definition) is 5. The largest absolute Gasteiger partial charge is 0.497 e. The molecule has 1 amide bonds. The molecule has 144 valence electrons. The Bertz CT molecular complexity index is 984. The number of anilines is 2. The average Bonchev–Trinajstić information content (AvgIpc) is 2.69. The van der Waals surface area contributed by atoms with Gasteiger partial charge in [0, 0.05) is 17.9 Å². The van der Waals surface area contributed by atoms with Crippen molar-refractivity contribution >= 4 is 17.5 Å². The quantitative estimate of drug-likeness (QED) is 0.678. The summed E-state index contributed by atoms with van der Waals surface area (Å²) >= 11 is 0. The molecule has 1 aromatic heterocycles. The Morgan fingerprint density at radius 2 is 1.79 bits per heavy atom. The van der Waals surface area contributed by atoms with Crippen molar-refractivity contribution in [2.24, 2.45) is 0 Å². The van der Waals surface area contributed by atoms with Gasteiger partial charge in [-0.3, -0.25) is 4.79 Å². The Hall–Kier alpha value is -3.41. The van der Waals surface area contributed by atoms with E-state index in [-0.39, 0.29) is 5.91 Å². The topological polar surface area (TPSA) is 76.1 Å². The standard InChI is InChI=1S/C22H24N4O2/c1-14-6-5-7-19(16(14)3)25-22-24-15(2)12-20(26-22)21(27)23-13-17-8-10-18(28-4)11-9-17/h5-12H,13H2,1-4H3,(H,23,27)(H,24,25,26). The summed E-state index contributed by atoms with van der Waals surface area (Å²) in [6.07, 6.45) is 0. The first-order valence-electron chi connectivity index (χ1n) is 9.06. The molecule has 0 aliphatic carbocycles. The third-order valence-corrected chi connectivity index (χ3v) is 4.55. The Morgan fingerprint density at radius 3 is 2.50 bits per heavy atom. The second kappa shape index (κ2) is 8.52. The smallest absolute Gasteiger partial charge is 0.270 e. The highest BCUT2D eigenvalue weighted by Gasteiger charge is 2.12. The number of carbonyl (C=O) groups excluding carboxylic acids is 1. The van der Waals surface area contributed by atoms with Crippen LogP contribution in [0, 0.1) is 20.8 Å². The van der Waals surface area contributed by atoms with Gasteiger partial charge in [0.1, 0.15) is 11.4 Å². The molecule has 3 rings (SSSR count). The summed E-state index contributed by atoms with van der Waals surface area (Å²) < 4.78 is 5.14. The maximum absolute atomic E-state index is 12.6. The fourth-order valence-corrected chi connectivity index (χ4v) is 2.76. The first-order valence-corrected chi connectivity index (χ1v) is 9.06. The number of hydrogen-bond donors (Lipinski definition) is 2. The normalized spacial score (nSPS) is 10.4. The minimum absolute atomic E-state index is 0.245. The molecule has 3 aromatic rings. The van der Waals surface area contributed by atoms with E-state index in [0.29, 0.717) is 18.2 Å². The minimum Gasteiger partial charge on any atom is -0.497 e. The number of amides is 1. The summed E-state index contributed by atoms with van der Waals surface area (Å²) in [7, 11) is 1.62. The summed E-state index contributed by atoms with van der Waals surface area (Å²) in [5.74, 6) is 0.942. The molecule has 0 fully saturated rings. The Labute approximate surface area is 165 Å². The van der Waals surface area contributed by atoms with Gasteiger partial charge in [0.15, 0.2) is 0 Å². The second-order valence-corrected chi connectivity index (χ2v) is 6.62. The molecule has 0 bridgehead atoms. The third kappa shape index (κ3) is 4.65. The molecule has 2 aromatic carbocycles. The molecular formula is C22H24N4O2. The molecule has 0 aliphatic heterocycles. The molecule has 0 radical (unpaired) electrons. The molecule has 0 saturated carbocycles. The fraction of sp³-hybridized carbons (Fsp3) is 0.227. The first kappa shape index (κ1) is 19.4. The van der Waals surface area contributed by atoms with Crippen LogP contribution in [0.25, 0.3) is 0 Å². The lowest BCUT2D eigenvalue weighted by atomic mass is 10.1. The molecule has 0 atom stereocenters. The van der Waals surface area contributed by atoms with E-state index in [1.165, 1.54) is 5.56 Å². The zero-order valence-electron chi connectivity index (χ0n) is 16.5. The number of aryl methyl sites for hydroxylation is 2. The number of nitrogens with zero attached hydrogens (tertiary/aromatic N) is 2. The van der Waals surface area contributed by atoms with Gasteiger partial charge in [-0.25, -0.2) is 9.97 Å². The van der Waals surface area contributed by atoms with Crippen LogP contribution in [0.1, 0.15) is 32.9 Å². The van der Waals surface area contributed by atoms with E-state index in [1.54, 1.807) is 13.2 Å². The zero-order valence-corrected chi connectivity index (χ0v) is 16.5. The number of benzene rings is 2. The van der Waals surface area contributed by atoms with Gasteiger partial charge in [0.25, 0.3) is 5.91 Å². The molecule has 0 aliphatic rings. The Balaban J connectivity index is 1.72. The minimum atomic E-state index is -0.245. The van der Waals surface area contributed by atoms with Crippen molar-refractivity contribution in [2.45, 2.75) is 27.3 Å². The van der Waals surface area contributed by atoms with E-state index in [2.05, 4.69) is 33.6 Å². The third-order valence-electron chi connectivity index (χ3n) is 4.55. The lowest BCUT2D eigenvalue weighted by Gasteiger charge is -2.12. The highest BCUT2D eigenvalue weighted by molar-refractivity contribution is 5.92. The zero-order chi connectivity index (χ0) is 20.1. The molecule has 2 N–H and O–H groups in total. The van der Waals surface area contributed by atoms with Crippen molar-refractivity contribution in [1.29, 1.82) is 0 Å². The first-order chi connectivity index (χ1) is 13.5. The van der Waals surface area contributed by atoms with Crippen molar-refractivity contribution in [1.82, 2.24) is 15.3 Å². The maximum atomic E-state index is 12.6. The average molecular weight is 376 g/mol. The van der Waals surface area contributed by atoms with Crippen molar-refractivity contribution in [2.75, 3.05) is 12.4 Å². The molecule has 28 heavy (non-hydrogen) atoms. The monoisotopic (exact) mass is 376 g/mol. The van der Waals surface area contributed by atoms with E-state index < -0.39 is 0 Å². The van der Waals surface area contributed by atoms with Gasteiger partial charge in [0.05, 0.1) is 7.11 Å². The molecule has 0 saturated heterocycles. The fourth-order valence-electron chi connectivity index (χ4n) is 2.76. The van der Waals surface area contributed by atoms with Gasteiger partial charge in [-0.1, -0.05) is 24.3 Å². The van der Waals surface area contributed by atoms with Crippen LogP contribution in [0.2, 0.25) is 0 Å². The van der Waals surface area contributed by atoms with E-state index in [0.717, 1.165) is 28.3 Å². The Kier molecular flexibility index (Phi) is 5.89. The second-order valence-electron chi connectivity index (χ2n) is 6.62. The molecule has 6 nitrogen and oxygen atoms in total. The number of nitrogens with one attached hydrogen (secondary N) is 2. The van der Waals surface area contributed by atoms with Crippen molar-refractivity contribution in [3.05, 3.63) is 76.6 Å². The number of aromatic nitrogens is 2. The van der Waals surface area contributed by atoms with Crippen LogP contribution < -0.4 is 15.4 Å². The van der Waals surface area contributed by atoms with Crippen LogP contribution in [-0.4, -0.2) is 23.0 Å². The lowest BCUT2D eigenvalue weighted by Crippen LogP contribution is -2.24. The van der Waals surface area contributed by atoms with Crippen molar-refractivity contribution < 1.29 is 9.53 Å². The maximum Gasteiger partial charge on any atom is 0.270 e. The van der Waals surface area contributed by atoms with E-state index in [1.807, 2.05) is 50.2 Å². The number of rotatable bonds is 6. The SMILES string of the molecule is COc1ccc(CNC(=O)c2cc(C)nc(Nc3cccc(C)c3C)n2)cc1. The molecule has 1 heterocycles. The van der Waals surface area contributed by atoms with E-state index in [9.17, 15) is 4.79 Å². The molecule has 6 heteroatoms. The van der Waals surface area contributed by atoms with Crippen LogP contribution in [0.3, 0.4) is 0 Å². The van der Waals surface area contributed by atoms with Crippen molar-refractivity contribution in [3.63, 3.8) is 0 Å². The van der Waals surface area contributed by atoms with Crippen molar-refractivity contribution in [3.8, 4) is 5.75 Å². The molecular weight excluding hydrogens is 352 g/mol. The summed E-state index contributed by atoms with van der Waals surface area (Å²) in [6.45, 7) is 6.34. The van der Waals surface area contributed by atoms with Gasteiger partial charge in [0.2, 0.25) is 5.95 Å². The van der Waals surface area contributed by atoms with Gasteiger partial charge in [-0.2, -0.15) is 0 Å². The van der Waals surface area contributed by atoms with Crippen LogP contribution in [0.4, 0.5) is 11.6 Å². The summed E-state index contributed by atoms with van der Waals surface area (Å²) in [5, 5.41) is 6.11. The molecule has 0 unspecified atom stereocenters. The van der Waals surface area contributed by atoms with Gasteiger partial charge >= 0.3 is 0 Å². The Morgan fingerprint density at radius 1 is 1.04 bits per heavy atom. The van der Waals surface area contributed by atoms with Gasteiger partial charge < -0.3 is 15.4 Å². The highest BCUT2D eigenvalue weighted by Crippen LogP contribution is 2.21. The van der Waals surface area contributed by atoms with Crippen LogP contribution >= 0.6 is 0 Å². The van der Waals surface area contributed by atoms with Crippen LogP contribution in [-0.2, 0) is 6.54 Å². The lowest BCUT2D eigenvalue weighted by molar-refractivity contribution is 0.0945. The predicted molar refractivity (Wildman–Crippen MR) is 110 cm³/mol. The number of ether oxygens (including phenoxy) is 1. The van der Waals surface area contributed by atoms with E-state index in [4.69, 9.17) is 4.74 Å². The summed E-state index contributed by atoms with van der Waals surface area (Å²) in [6, 6.07) is 15.2. The highest BCUT2D eigenvalue weighted by atomic mass is 16.5. The van der Waals surface area contributed by atoms with Gasteiger partial charge in [-0.15, -0.1) is 0 Å². The molecule has 0 spiro atoms. The van der Waals surface area contributed by atoms with Crippen LogP contribution in [0.5, 0.6) is 5.75 Å². The van der Waals surface area contributed by atoms with Gasteiger partial charge in [-0.05, 0) is 61.7 Å².